The molecule has 15 nitrogen and oxygen atoms in total. The van der Waals surface area contributed by atoms with Crippen LogP contribution in [0.3, 0.4) is 0 Å². The minimum atomic E-state index is -3.44. The van der Waals surface area contributed by atoms with Crippen molar-refractivity contribution in [2.75, 3.05) is 42.7 Å². The van der Waals surface area contributed by atoms with Gasteiger partial charge in [0.25, 0.3) is 11.8 Å². The van der Waals surface area contributed by atoms with Crippen LogP contribution in [0.25, 0.3) is 0 Å². The zero-order valence-corrected chi connectivity index (χ0v) is 36.4. The highest BCUT2D eigenvalue weighted by atomic mass is 32.2. The number of nitrogens with zero attached hydrogens (tertiary/aromatic N) is 3. The van der Waals surface area contributed by atoms with Crippen molar-refractivity contribution in [1.82, 2.24) is 20.2 Å². The number of hydrogen-bond acceptors (Lipinski definition) is 12. The molecule has 16 heteroatoms. The van der Waals surface area contributed by atoms with Gasteiger partial charge in [0.05, 0.1) is 24.0 Å². The predicted molar refractivity (Wildman–Crippen MR) is 235 cm³/mol. The van der Waals surface area contributed by atoms with E-state index in [1.165, 1.54) is 12.3 Å². The summed E-state index contributed by atoms with van der Waals surface area (Å²) in [5.74, 6) is 0.0356. The van der Waals surface area contributed by atoms with Crippen LogP contribution in [0, 0.1) is 0 Å². The number of piperidine rings is 1. The minimum Gasteiger partial charge on any atom is -0.494 e. The molecule has 1 aromatic heterocycles. The quantitative estimate of drug-likeness (QED) is 0.0494. The molecule has 1 unspecified atom stereocenters. The number of benzene rings is 3. The van der Waals surface area contributed by atoms with Gasteiger partial charge in [-0.2, -0.15) is 0 Å². The Hall–Kier alpha value is -5.87. The van der Waals surface area contributed by atoms with Crippen molar-refractivity contribution < 1.29 is 41.8 Å². The molecule has 4 amide bonds. The highest BCUT2D eigenvalue weighted by molar-refractivity contribution is 7.92. The summed E-state index contributed by atoms with van der Waals surface area (Å²) < 4.78 is 43.1. The van der Waals surface area contributed by atoms with E-state index in [0.717, 1.165) is 91.7 Å². The molecular formula is C46H56N6O9S. The van der Waals surface area contributed by atoms with E-state index in [-0.39, 0.29) is 41.8 Å². The third-order valence-electron chi connectivity index (χ3n) is 11.0. The zero-order chi connectivity index (χ0) is 44.1. The molecule has 4 aromatic rings. The first-order valence-corrected chi connectivity index (χ1v) is 23.1. The largest absolute Gasteiger partial charge is 0.494 e. The van der Waals surface area contributed by atoms with Crippen LogP contribution in [0.5, 0.6) is 11.5 Å². The minimum absolute atomic E-state index is 0.0881. The molecule has 3 N–H and O–H groups in total. The molecule has 6 rings (SSSR count). The van der Waals surface area contributed by atoms with Gasteiger partial charge >= 0.3 is 0 Å². The monoisotopic (exact) mass is 868 g/mol. The molecule has 0 bridgehead atoms. The van der Waals surface area contributed by atoms with E-state index in [1.54, 1.807) is 18.2 Å². The third-order valence-corrected chi connectivity index (χ3v) is 11.5. The Balaban J connectivity index is 0.775. The maximum atomic E-state index is 13.0. The Morgan fingerprint density at radius 3 is 2.03 bits per heavy atom. The summed E-state index contributed by atoms with van der Waals surface area (Å²) in [5.41, 5.74) is 3.31. The normalized spacial score (nSPS) is 15.3. The number of carbonyl (C=O) groups is 4. The number of carbonyl (C=O) groups excluding carboxylic acids is 4. The molecule has 0 spiro atoms. The van der Waals surface area contributed by atoms with Gasteiger partial charge in [-0.3, -0.25) is 34.1 Å². The highest BCUT2D eigenvalue weighted by Crippen LogP contribution is 2.34. The predicted octanol–water partition coefficient (Wildman–Crippen LogP) is 6.78. The zero-order valence-electron chi connectivity index (χ0n) is 35.6. The SMILES string of the molecule is CC(C)(c1ccc(OCCCCCCCCOCCCCNc2ccc3c(c2)C(=O)N(C2CCC(=O)NC2=O)C3=O)cc1)c1ccc(OCc2nccc(NS(C)(=O)=O)n2)cc1. The van der Waals surface area contributed by atoms with E-state index in [9.17, 15) is 27.6 Å². The Morgan fingerprint density at radius 1 is 0.758 bits per heavy atom. The second-order valence-electron chi connectivity index (χ2n) is 16.1. The second-order valence-corrected chi connectivity index (χ2v) is 17.9. The van der Waals surface area contributed by atoms with E-state index in [0.29, 0.717) is 31.3 Å². The Bertz CT molecular complexity index is 2300. The Labute approximate surface area is 363 Å². The fraction of sp³-hybridized carbons (Fsp3) is 0.435. The fourth-order valence-electron chi connectivity index (χ4n) is 7.41. The summed E-state index contributed by atoms with van der Waals surface area (Å²) in [5, 5.41) is 5.52. The molecule has 3 heterocycles. The summed E-state index contributed by atoms with van der Waals surface area (Å²) >= 11 is 0. The number of sulfonamides is 1. The Morgan fingerprint density at radius 2 is 1.37 bits per heavy atom. The van der Waals surface area contributed by atoms with Crippen molar-refractivity contribution in [3.63, 3.8) is 0 Å². The summed E-state index contributed by atoms with van der Waals surface area (Å²) in [6.45, 7) is 7.25. The molecule has 62 heavy (non-hydrogen) atoms. The van der Waals surface area contributed by atoms with Crippen LogP contribution < -0.4 is 24.8 Å². The van der Waals surface area contributed by atoms with E-state index in [1.807, 2.05) is 36.4 Å². The molecule has 2 aliphatic rings. The number of amides is 4. The van der Waals surface area contributed by atoms with Crippen molar-refractivity contribution in [3.05, 3.63) is 107 Å². The summed E-state index contributed by atoms with van der Waals surface area (Å²) in [6, 6.07) is 21.7. The molecule has 0 aliphatic carbocycles. The lowest BCUT2D eigenvalue weighted by Gasteiger charge is -2.27. The first kappa shape index (κ1) is 45.7. The molecule has 3 aromatic carbocycles. The number of fused-ring (bicyclic) bond motifs is 1. The number of rotatable bonds is 24. The number of ether oxygens (including phenoxy) is 3. The highest BCUT2D eigenvalue weighted by Gasteiger charge is 2.44. The number of aromatic nitrogens is 2. The summed E-state index contributed by atoms with van der Waals surface area (Å²) in [6.07, 6.45) is 11.2. The van der Waals surface area contributed by atoms with Gasteiger partial charge in [-0.25, -0.2) is 18.4 Å². The molecular weight excluding hydrogens is 813 g/mol. The van der Waals surface area contributed by atoms with Gasteiger partial charge in [0.15, 0.2) is 5.82 Å². The lowest BCUT2D eigenvalue weighted by atomic mass is 9.78. The van der Waals surface area contributed by atoms with Crippen molar-refractivity contribution in [1.29, 1.82) is 0 Å². The molecule has 0 radical (unpaired) electrons. The molecule has 1 fully saturated rings. The smallest absolute Gasteiger partial charge is 0.262 e. The second kappa shape index (κ2) is 21.3. The summed E-state index contributed by atoms with van der Waals surface area (Å²) in [4.78, 5) is 59.1. The molecule has 1 saturated heterocycles. The van der Waals surface area contributed by atoms with Gasteiger partial charge in [0.1, 0.15) is 30.0 Å². The van der Waals surface area contributed by atoms with Crippen molar-refractivity contribution in [2.24, 2.45) is 0 Å². The van der Waals surface area contributed by atoms with Crippen LogP contribution in [0.4, 0.5) is 11.5 Å². The van der Waals surface area contributed by atoms with Gasteiger partial charge in [-0.1, -0.05) is 63.8 Å². The van der Waals surface area contributed by atoms with Crippen LogP contribution in [-0.4, -0.2) is 85.6 Å². The first-order chi connectivity index (χ1) is 29.8. The van der Waals surface area contributed by atoms with E-state index >= 15 is 0 Å². The van der Waals surface area contributed by atoms with Crippen LogP contribution in [0.1, 0.15) is 116 Å². The Kier molecular flexibility index (Phi) is 15.7. The number of unbranched alkanes of at least 4 members (excludes halogenated alkanes) is 6. The molecule has 330 valence electrons. The van der Waals surface area contributed by atoms with E-state index in [4.69, 9.17) is 14.2 Å². The molecule has 1 atom stereocenters. The summed E-state index contributed by atoms with van der Waals surface area (Å²) in [7, 11) is -3.44. The van der Waals surface area contributed by atoms with Crippen LogP contribution in [0.15, 0.2) is 79.0 Å². The van der Waals surface area contributed by atoms with Crippen LogP contribution >= 0.6 is 0 Å². The van der Waals surface area contributed by atoms with Crippen molar-refractivity contribution in [2.45, 2.75) is 96.1 Å². The van der Waals surface area contributed by atoms with Gasteiger partial charge < -0.3 is 19.5 Å². The number of hydrogen-bond donors (Lipinski definition) is 3. The first-order valence-electron chi connectivity index (χ1n) is 21.2. The fourth-order valence-corrected chi connectivity index (χ4v) is 7.91. The van der Waals surface area contributed by atoms with Crippen LogP contribution in [-0.2, 0) is 36.4 Å². The average molecular weight is 869 g/mol. The van der Waals surface area contributed by atoms with Crippen molar-refractivity contribution >= 4 is 45.2 Å². The van der Waals surface area contributed by atoms with E-state index < -0.39 is 39.7 Å². The standard InChI is InChI=1S/C46H56N6O9S/c1-46(2,33-14-19-36(20-15-33)61-31-41-48-26-24-40(49-41)51-62(3,57)58)32-12-17-35(18-13-32)60-29-10-7-5-4-6-9-27-59-28-11-8-25-47-34-16-21-37-38(30-34)45(56)52(44(37)55)39-22-23-42(53)50-43(39)54/h12-21,24,26,30,39,47H,4-11,22-23,25,27-29,31H2,1-3H3,(H,48,49,51)(H,50,53,54). The van der Waals surface area contributed by atoms with Crippen molar-refractivity contribution in [3.8, 4) is 11.5 Å². The maximum Gasteiger partial charge on any atom is 0.262 e. The van der Waals surface area contributed by atoms with E-state index in [2.05, 4.69) is 51.3 Å². The third kappa shape index (κ3) is 12.6. The van der Waals surface area contributed by atoms with Gasteiger partial charge in [-0.05, 0) is 91.8 Å². The lowest BCUT2D eigenvalue weighted by Crippen LogP contribution is -2.54. The average Bonchev–Trinajstić information content (AvgIpc) is 3.49. The number of imide groups is 2. The molecule has 2 aliphatic heterocycles. The maximum absolute atomic E-state index is 13.0. The van der Waals surface area contributed by atoms with Gasteiger partial charge in [-0.15, -0.1) is 0 Å². The van der Waals surface area contributed by atoms with Crippen LogP contribution in [0.2, 0.25) is 0 Å². The van der Waals surface area contributed by atoms with Gasteiger partial charge in [0.2, 0.25) is 21.8 Å². The molecule has 0 saturated carbocycles. The van der Waals surface area contributed by atoms with Gasteiger partial charge in [0, 0.05) is 43.5 Å². The number of anilines is 2. The lowest BCUT2D eigenvalue weighted by molar-refractivity contribution is -0.136. The topological polar surface area (TPSA) is 195 Å². The number of nitrogens with one attached hydrogen (secondary N) is 3.